The van der Waals surface area contributed by atoms with Crippen LogP contribution in [0, 0.1) is 0 Å². The van der Waals surface area contributed by atoms with Crippen LogP contribution >= 0.6 is 15.9 Å². The quantitative estimate of drug-likeness (QED) is 0.204. The van der Waals surface area contributed by atoms with Gasteiger partial charge in [0.1, 0.15) is 17.9 Å². The van der Waals surface area contributed by atoms with E-state index in [1.807, 2.05) is 91.0 Å². The molecule has 0 amide bonds. The molecule has 3 aromatic carbocycles. The first-order valence-corrected chi connectivity index (χ1v) is 12.8. The topological polar surface area (TPSA) is 62.5 Å². The minimum atomic E-state index is -0.491. The van der Waals surface area contributed by atoms with E-state index in [1.54, 1.807) is 6.08 Å². The number of rotatable bonds is 12. The average molecular weight is 561 g/mol. The van der Waals surface area contributed by atoms with Gasteiger partial charge in [-0.15, -0.1) is 6.58 Å². The molecule has 1 heterocycles. The zero-order valence-corrected chi connectivity index (χ0v) is 22.0. The number of benzene rings is 3. The lowest BCUT2D eigenvalue weighted by Gasteiger charge is -2.24. The molecule has 1 unspecified atom stereocenters. The van der Waals surface area contributed by atoms with Gasteiger partial charge in [0.05, 0.1) is 18.9 Å². The molecule has 1 atom stereocenters. The van der Waals surface area contributed by atoms with Crippen molar-refractivity contribution in [3.63, 3.8) is 0 Å². The van der Waals surface area contributed by atoms with Gasteiger partial charge in [-0.25, -0.2) is 9.36 Å². The summed E-state index contributed by atoms with van der Waals surface area (Å²) in [7, 11) is 0. The largest absolute Gasteiger partial charge is 0.356 e. The van der Waals surface area contributed by atoms with Crippen molar-refractivity contribution in [1.29, 1.82) is 0 Å². The highest BCUT2D eigenvalue weighted by atomic mass is 79.9. The highest BCUT2D eigenvalue weighted by Crippen LogP contribution is 2.31. The van der Waals surface area contributed by atoms with E-state index in [1.165, 1.54) is 4.57 Å². The van der Waals surface area contributed by atoms with E-state index in [0.29, 0.717) is 23.2 Å². The maximum Gasteiger partial charge on any atom is 0.335 e. The molecular weight excluding hydrogens is 532 g/mol. The van der Waals surface area contributed by atoms with Crippen LogP contribution in [0.15, 0.2) is 118 Å². The van der Waals surface area contributed by atoms with Gasteiger partial charge in [-0.05, 0) is 39.0 Å². The van der Waals surface area contributed by atoms with Gasteiger partial charge in [0, 0.05) is 5.92 Å². The highest BCUT2D eigenvalue weighted by Gasteiger charge is 2.25. The molecule has 0 bridgehead atoms. The maximum atomic E-state index is 13.7. The summed E-state index contributed by atoms with van der Waals surface area (Å²) >= 11 is 3.52. The SMILES string of the molecule is C=CCC(c1ccccc1)c1c(Br)c(=O)n(COCc2ccccc2)c(=O)n1COCc1ccccc1. The second-order valence-corrected chi connectivity index (χ2v) is 9.35. The predicted octanol–water partition coefficient (Wildman–Crippen LogP) is 5.83. The van der Waals surface area contributed by atoms with Crippen molar-refractivity contribution in [2.75, 3.05) is 0 Å². The van der Waals surface area contributed by atoms with Crippen LogP contribution in [0.5, 0.6) is 0 Å². The normalized spacial score (nSPS) is 11.8. The van der Waals surface area contributed by atoms with Crippen LogP contribution in [-0.2, 0) is 36.1 Å². The monoisotopic (exact) mass is 560 g/mol. The molecule has 0 saturated carbocycles. The van der Waals surface area contributed by atoms with Crippen molar-refractivity contribution in [2.24, 2.45) is 0 Å². The Morgan fingerprint density at radius 2 is 1.24 bits per heavy atom. The van der Waals surface area contributed by atoms with Crippen LogP contribution in [0.25, 0.3) is 0 Å². The van der Waals surface area contributed by atoms with Crippen LogP contribution < -0.4 is 11.2 Å². The molecule has 0 saturated heterocycles. The fourth-order valence-corrected chi connectivity index (χ4v) is 4.88. The maximum absolute atomic E-state index is 13.7. The Hall–Kier alpha value is -3.52. The van der Waals surface area contributed by atoms with Gasteiger partial charge in [-0.3, -0.25) is 9.36 Å². The van der Waals surface area contributed by atoms with Crippen LogP contribution in [-0.4, -0.2) is 9.13 Å². The lowest BCUT2D eigenvalue weighted by atomic mass is 9.92. The first-order valence-electron chi connectivity index (χ1n) is 12.0. The van der Waals surface area contributed by atoms with Gasteiger partial charge in [-0.2, -0.15) is 0 Å². The molecular formula is C30H29BrN2O4. The fourth-order valence-electron chi connectivity index (χ4n) is 4.18. The van der Waals surface area contributed by atoms with Gasteiger partial charge in [0.25, 0.3) is 5.56 Å². The number of allylic oxidation sites excluding steroid dienone is 1. The number of halogens is 1. The molecule has 0 radical (unpaired) electrons. The summed E-state index contributed by atoms with van der Waals surface area (Å²) in [6.45, 7) is 4.30. The van der Waals surface area contributed by atoms with Crippen molar-refractivity contribution >= 4 is 15.9 Å². The van der Waals surface area contributed by atoms with E-state index in [0.717, 1.165) is 21.3 Å². The van der Waals surface area contributed by atoms with E-state index in [4.69, 9.17) is 9.47 Å². The smallest absolute Gasteiger partial charge is 0.335 e. The Morgan fingerprint density at radius 1 is 0.757 bits per heavy atom. The van der Waals surface area contributed by atoms with Crippen molar-refractivity contribution in [3.05, 3.63) is 151 Å². The molecule has 1 aromatic heterocycles. The lowest BCUT2D eigenvalue weighted by Crippen LogP contribution is -2.43. The molecule has 190 valence electrons. The zero-order chi connectivity index (χ0) is 26.0. The molecule has 6 nitrogen and oxygen atoms in total. The van der Waals surface area contributed by atoms with E-state index in [-0.39, 0.29) is 26.0 Å². The first-order chi connectivity index (χ1) is 18.1. The third-order valence-electron chi connectivity index (χ3n) is 6.01. The van der Waals surface area contributed by atoms with Gasteiger partial charge in [-0.1, -0.05) is 97.1 Å². The Balaban J connectivity index is 1.71. The number of ether oxygens (including phenoxy) is 2. The number of nitrogens with zero attached hydrogens (tertiary/aromatic N) is 2. The molecule has 0 aliphatic heterocycles. The molecule has 0 aliphatic carbocycles. The lowest BCUT2D eigenvalue weighted by molar-refractivity contribution is 0.0422. The third-order valence-corrected chi connectivity index (χ3v) is 6.75. The van der Waals surface area contributed by atoms with Gasteiger partial charge < -0.3 is 9.47 Å². The summed E-state index contributed by atoms with van der Waals surface area (Å²) in [6, 6.07) is 29.1. The third kappa shape index (κ3) is 6.63. The summed E-state index contributed by atoms with van der Waals surface area (Å²) in [5.41, 5.74) is 2.52. The van der Waals surface area contributed by atoms with Crippen LogP contribution in [0.4, 0.5) is 0 Å². The van der Waals surface area contributed by atoms with Crippen molar-refractivity contribution in [3.8, 4) is 0 Å². The van der Waals surface area contributed by atoms with E-state index < -0.39 is 11.2 Å². The molecule has 0 spiro atoms. The molecule has 0 N–H and O–H groups in total. The van der Waals surface area contributed by atoms with Crippen molar-refractivity contribution < 1.29 is 9.47 Å². The van der Waals surface area contributed by atoms with E-state index in [9.17, 15) is 9.59 Å². The van der Waals surface area contributed by atoms with Crippen molar-refractivity contribution in [1.82, 2.24) is 9.13 Å². The fraction of sp³-hybridized carbons (Fsp3) is 0.200. The number of aromatic nitrogens is 2. The van der Waals surface area contributed by atoms with Crippen molar-refractivity contribution in [2.45, 2.75) is 39.0 Å². The standard InChI is InChI=1S/C30H29BrN2O4/c1-2-12-26(25-17-10-5-11-18-25)28-27(31)29(34)33(22-37-20-24-15-8-4-9-16-24)30(35)32(28)21-36-19-23-13-6-3-7-14-23/h2-11,13-18,26H,1,12,19-22H2. The second-order valence-electron chi connectivity index (χ2n) is 8.56. The Kier molecular flexibility index (Phi) is 9.43. The number of hydrogen-bond donors (Lipinski definition) is 0. The van der Waals surface area contributed by atoms with Crippen LogP contribution in [0.1, 0.15) is 34.7 Å². The second kappa shape index (κ2) is 13.1. The molecule has 4 aromatic rings. The Morgan fingerprint density at radius 3 is 1.76 bits per heavy atom. The van der Waals surface area contributed by atoms with Gasteiger partial charge >= 0.3 is 5.69 Å². The van der Waals surface area contributed by atoms with Crippen LogP contribution in [0.3, 0.4) is 0 Å². The first kappa shape index (κ1) is 26.5. The molecule has 0 aliphatic rings. The summed E-state index contributed by atoms with van der Waals surface area (Å²) in [6.07, 6.45) is 2.33. The average Bonchev–Trinajstić information content (AvgIpc) is 2.94. The molecule has 4 rings (SSSR count). The van der Waals surface area contributed by atoms with Crippen LogP contribution in [0.2, 0.25) is 0 Å². The predicted molar refractivity (Wildman–Crippen MR) is 148 cm³/mol. The summed E-state index contributed by atoms with van der Waals surface area (Å²) in [5, 5.41) is 0. The summed E-state index contributed by atoms with van der Waals surface area (Å²) in [5.74, 6) is -0.270. The minimum Gasteiger partial charge on any atom is -0.356 e. The Labute approximate surface area is 224 Å². The van der Waals surface area contributed by atoms with E-state index >= 15 is 0 Å². The molecule has 0 fully saturated rings. The zero-order valence-electron chi connectivity index (χ0n) is 20.5. The summed E-state index contributed by atoms with van der Waals surface area (Å²) < 4.78 is 14.6. The van der Waals surface area contributed by atoms with Gasteiger partial charge in [0.15, 0.2) is 0 Å². The number of hydrogen-bond acceptors (Lipinski definition) is 4. The van der Waals surface area contributed by atoms with E-state index in [2.05, 4.69) is 22.5 Å². The molecule has 7 heteroatoms. The molecule has 37 heavy (non-hydrogen) atoms. The Bertz CT molecular complexity index is 1420. The summed E-state index contributed by atoms with van der Waals surface area (Å²) in [4.78, 5) is 27.1. The highest BCUT2D eigenvalue weighted by molar-refractivity contribution is 9.10. The minimum absolute atomic E-state index is 0.0267. The van der Waals surface area contributed by atoms with Gasteiger partial charge in [0.2, 0.25) is 0 Å².